The van der Waals surface area contributed by atoms with Gasteiger partial charge in [0.05, 0.1) is 11.4 Å². The zero-order valence-corrected chi connectivity index (χ0v) is 12.5. The van der Waals surface area contributed by atoms with Crippen molar-refractivity contribution >= 4 is 5.69 Å². The average molecular weight is 283 g/mol. The summed E-state index contributed by atoms with van der Waals surface area (Å²) in [6.07, 6.45) is 1.48. The zero-order valence-electron chi connectivity index (χ0n) is 12.5. The molecule has 0 aliphatic heterocycles. The summed E-state index contributed by atoms with van der Waals surface area (Å²) in [6, 6.07) is 3.95. The van der Waals surface area contributed by atoms with Crippen molar-refractivity contribution in [1.82, 2.24) is 29.5 Å². The maximum Gasteiger partial charge on any atom is 0.182 e. The quantitative estimate of drug-likeness (QED) is 0.773. The highest BCUT2D eigenvalue weighted by atomic mass is 15.4. The van der Waals surface area contributed by atoms with Crippen LogP contribution < -0.4 is 5.73 Å². The molecular weight excluding hydrogens is 266 g/mol. The smallest absolute Gasteiger partial charge is 0.182 e. The van der Waals surface area contributed by atoms with E-state index in [9.17, 15) is 0 Å². The van der Waals surface area contributed by atoms with Crippen LogP contribution in [-0.4, -0.2) is 29.5 Å². The molecule has 0 saturated carbocycles. The molecule has 0 radical (unpaired) electrons. The number of nitrogens with zero attached hydrogens (tertiary/aromatic N) is 6. The van der Waals surface area contributed by atoms with E-state index in [0.29, 0.717) is 17.3 Å². The van der Waals surface area contributed by atoms with Crippen LogP contribution in [0.1, 0.15) is 22.8 Å². The summed E-state index contributed by atoms with van der Waals surface area (Å²) in [5.41, 5.74) is 10.5. The molecule has 0 aliphatic carbocycles. The molecule has 7 heteroatoms. The van der Waals surface area contributed by atoms with Crippen LogP contribution in [0.25, 0.3) is 11.6 Å². The molecule has 3 heterocycles. The average Bonchev–Trinajstić information content (AvgIpc) is 2.92. The van der Waals surface area contributed by atoms with Crippen molar-refractivity contribution in [3.05, 3.63) is 41.2 Å². The molecule has 3 aromatic rings. The fourth-order valence-electron chi connectivity index (χ4n) is 2.40. The highest BCUT2D eigenvalue weighted by Gasteiger charge is 2.16. The van der Waals surface area contributed by atoms with E-state index < -0.39 is 0 Å². The molecule has 0 fully saturated rings. The molecule has 0 atom stereocenters. The molecule has 108 valence electrons. The second-order valence-corrected chi connectivity index (χ2v) is 5.11. The Morgan fingerprint density at radius 2 is 1.24 bits per heavy atom. The molecule has 21 heavy (non-hydrogen) atoms. The minimum atomic E-state index is 0.454. The summed E-state index contributed by atoms with van der Waals surface area (Å²) in [5.74, 6) is 1.14. The first-order valence-corrected chi connectivity index (χ1v) is 6.65. The molecular formula is C14H17N7. The Hall–Kier alpha value is -2.70. The number of anilines is 1. The van der Waals surface area contributed by atoms with Crippen molar-refractivity contribution in [3.8, 4) is 11.6 Å². The summed E-state index contributed by atoms with van der Waals surface area (Å²) in [5, 5.41) is 8.84. The highest BCUT2D eigenvalue weighted by molar-refractivity contribution is 5.63. The lowest BCUT2D eigenvalue weighted by Gasteiger charge is -2.11. The molecule has 0 amide bonds. The molecule has 0 aliphatic rings. The Balaban J connectivity index is 2.20. The Morgan fingerprint density at radius 1 is 0.810 bits per heavy atom. The van der Waals surface area contributed by atoms with Gasteiger partial charge >= 0.3 is 0 Å². The molecule has 7 nitrogen and oxygen atoms in total. The molecule has 0 spiro atoms. The second-order valence-electron chi connectivity index (χ2n) is 5.11. The van der Waals surface area contributed by atoms with Gasteiger partial charge in [0, 0.05) is 11.4 Å². The lowest BCUT2D eigenvalue weighted by Crippen LogP contribution is -2.12. The molecule has 3 aromatic heterocycles. The van der Waals surface area contributed by atoms with Crippen LogP contribution in [0.3, 0.4) is 0 Å². The number of aromatic nitrogens is 6. The SMILES string of the molecule is Cc1cc(C)n(-c2ncnc(-n3nc(C)cc3C)c2N)n1. The topological polar surface area (TPSA) is 87.4 Å². The van der Waals surface area contributed by atoms with E-state index in [0.717, 1.165) is 22.8 Å². The summed E-state index contributed by atoms with van der Waals surface area (Å²) in [7, 11) is 0. The van der Waals surface area contributed by atoms with Gasteiger partial charge in [-0.25, -0.2) is 19.3 Å². The zero-order chi connectivity index (χ0) is 15.1. The minimum absolute atomic E-state index is 0.454. The molecule has 0 saturated heterocycles. The van der Waals surface area contributed by atoms with Gasteiger partial charge < -0.3 is 5.73 Å². The van der Waals surface area contributed by atoms with Crippen LogP contribution >= 0.6 is 0 Å². The first kappa shape index (κ1) is 13.3. The van der Waals surface area contributed by atoms with Crippen molar-refractivity contribution < 1.29 is 0 Å². The maximum absolute atomic E-state index is 6.26. The van der Waals surface area contributed by atoms with E-state index in [1.807, 2.05) is 39.8 Å². The first-order valence-electron chi connectivity index (χ1n) is 6.65. The van der Waals surface area contributed by atoms with Crippen LogP contribution in [0, 0.1) is 27.7 Å². The van der Waals surface area contributed by atoms with Crippen molar-refractivity contribution in [1.29, 1.82) is 0 Å². The van der Waals surface area contributed by atoms with Gasteiger partial charge in [-0.2, -0.15) is 10.2 Å². The van der Waals surface area contributed by atoms with E-state index in [-0.39, 0.29) is 0 Å². The van der Waals surface area contributed by atoms with E-state index in [2.05, 4.69) is 20.2 Å². The number of aryl methyl sites for hydroxylation is 4. The molecule has 0 bridgehead atoms. The van der Waals surface area contributed by atoms with Gasteiger partial charge in [-0.15, -0.1) is 0 Å². The number of nitrogens with two attached hydrogens (primary N) is 1. The predicted octanol–water partition coefficient (Wildman–Crippen LogP) is 1.66. The number of hydrogen-bond acceptors (Lipinski definition) is 5. The fourth-order valence-corrected chi connectivity index (χ4v) is 2.40. The van der Waals surface area contributed by atoms with Gasteiger partial charge in [0.1, 0.15) is 12.0 Å². The fraction of sp³-hybridized carbons (Fsp3) is 0.286. The molecule has 0 aromatic carbocycles. The maximum atomic E-state index is 6.26. The van der Waals surface area contributed by atoms with Crippen LogP contribution in [-0.2, 0) is 0 Å². The first-order chi connectivity index (χ1) is 9.97. The Morgan fingerprint density at radius 3 is 1.57 bits per heavy atom. The summed E-state index contributed by atoms with van der Waals surface area (Å²) >= 11 is 0. The third-order valence-corrected chi connectivity index (χ3v) is 3.26. The van der Waals surface area contributed by atoms with Crippen molar-refractivity contribution in [2.24, 2.45) is 0 Å². The third-order valence-electron chi connectivity index (χ3n) is 3.26. The molecule has 0 unspecified atom stereocenters. The van der Waals surface area contributed by atoms with Crippen LogP contribution in [0.15, 0.2) is 18.5 Å². The van der Waals surface area contributed by atoms with E-state index in [1.54, 1.807) is 9.36 Å². The molecule has 2 N–H and O–H groups in total. The van der Waals surface area contributed by atoms with E-state index >= 15 is 0 Å². The van der Waals surface area contributed by atoms with Crippen LogP contribution in [0.5, 0.6) is 0 Å². The van der Waals surface area contributed by atoms with Gasteiger partial charge in [-0.1, -0.05) is 0 Å². The standard InChI is InChI=1S/C14H17N7/c1-8-5-10(3)20(18-8)13-12(15)14(17-7-16-13)21-11(4)6-9(2)19-21/h5-7H,15H2,1-4H3. The van der Waals surface area contributed by atoms with Gasteiger partial charge in [0.2, 0.25) is 0 Å². The second kappa shape index (κ2) is 4.69. The van der Waals surface area contributed by atoms with Gasteiger partial charge in [-0.05, 0) is 39.8 Å². The summed E-state index contributed by atoms with van der Waals surface area (Å²) in [6.45, 7) is 7.79. The lowest BCUT2D eigenvalue weighted by molar-refractivity contribution is 0.774. The number of nitrogen functional groups attached to an aromatic ring is 1. The summed E-state index contributed by atoms with van der Waals surface area (Å²) < 4.78 is 3.45. The van der Waals surface area contributed by atoms with Crippen molar-refractivity contribution in [2.45, 2.75) is 27.7 Å². The monoisotopic (exact) mass is 283 g/mol. The summed E-state index contributed by atoms with van der Waals surface area (Å²) in [4.78, 5) is 8.54. The van der Waals surface area contributed by atoms with Crippen LogP contribution in [0.4, 0.5) is 5.69 Å². The van der Waals surface area contributed by atoms with Crippen LogP contribution in [0.2, 0.25) is 0 Å². The predicted molar refractivity (Wildman–Crippen MR) is 79.6 cm³/mol. The van der Waals surface area contributed by atoms with Crippen molar-refractivity contribution in [3.63, 3.8) is 0 Å². The van der Waals surface area contributed by atoms with E-state index in [1.165, 1.54) is 6.33 Å². The number of hydrogen-bond donors (Lipinski definition) is 1. The molecule has 3 rings (SSSR count). The minimum Gasteiger partial charge on any atom is -0.393 e. The van der Waals surface area contributed by atoms with Gasteiger partial charge in [0.25, 0.3) is 0 Å². The highest BCUT2D eigenvalue weighted by Crippen LogP contribution is 2.22. The largest absolute Gasteiger partial charge is 0.393 e. The van der Waals surface area contributed by atoms with Gasteiger partial charge in [-0.3, -0.25) is 0 Å². The number of rotatable bonds is 2. The Labute approximate surface area is 122 Å². The lowest BCUT2D eigenvalue weighted by atomic mass is 10.3. The Kier molecular flexibility index (Phi) is 2.97. The van der Waals surface area contributed by atoms with E-state index in [4.69, 9.17) is 5.73 Å². The van der Waals surface area contributed by atoms with Crippen molar-refractivity contribution in [2.75, 3.05) is 5.73 Å². The Bertz CT molecular complexity index is 748. The normalized spacial score (nSPS) is 11.0. The van der Waals surface area contributed by atoms with Gasteiger partial charge in [0.15, 0.2) is 11.6 Å². The third kappa shape index (κ3) is 2.16.